The molecule has 2 aromatic rings. The van der Waals surface area contributed by atoms with Crippen LogP contribution in [0.1, 0.15) is 46.0 Å². The fourth-order valence-electron chi connectivity index (χ4n) is 4.29. The van der Waals surface area contributed by atoms with E-state index < -0.39 is 10.0 Å². The van der Waals surface area contributed by atoms with Gasteiger partial charge in [-0.3, -0.25) is 4.79 Å². The normalized spacial score (nSPS) is 22.9. The summed E-state index contributed by atoms with van der Waals surface area (Å²) in [6, 6.07) is 5.22. The molecule has 0 amide bonds. The van der Waals surface area contributed by atoms with E-state index in [9.17, 15) is 13.2 Å². The first kappa shape index (κ1) is 22.8. The van der Waals surface area contributed by atoms with Gasteiger partial charge in [0.2, 0.25) is 10.0 Å². The second kappa shape index (κ2) is 9.60. The molecule has 0 spiro atoms. The highest BCUT2D eigenvalue weighted by atomic mass is 32.2. The number of ketones is 1. The Balaban J connectivity index is 1.67. The van der Waals surface area contributed by atoms with Gasteiger partial charge in [0, 0.05) is 26.1 Å². The van der Waals surface area contributed by atoms with Crippen molar-refractivity contribution in [1.29, 1.82) is 0 Å². The van der Waals surface area contributed by atoms with E-state index in [4.69, 9.17) is 9.72 Å². The summed E-state index contributed by atoms with van der Waals surface area (Å²) in [6.07, 6.45) is 4.62. The molecular formula is C22H31N3O4S2. The number of carbonyl (C=O) groups is 1. The summed E-state index contributed by atoms with van der Waals surface area (Å²) in [4.78, 5) is 16.9. The monoisotopic (exact) mass is 465 g/mol. The largest absolute Gasteiger partial charge is 0.376 e. The molecule has 1 aromatic carbocycles. The van der Waals surface area contributed by atoms with E-state index in [0.717, 1.165) is 43.0 Å². The number of sulfonamides is 1. The molecular weight excluding hydrogens is 434 g/mol. The summed E-state index contributed by atoms with van der Waals surface area (Å²) in [5, 5.41) is 0.744. The Bertz CT molecular complexity index is 1040. The number of carbonyl (C=O) groups excluding carboxylic acids is 1. The molecule has 2 saturated heterocycles. The Hall–Kier alpha value is -1.42. The third kappa shape index (κ3) is 4.99. The average molecular weight is 466 g/mol. The van der Waals surface area contributed by atoms with Gasteiger partial charge in [-0.1, -0.05) is 25.6 Å². The quantitative estimate of drug-likeness (QED) is 0.553. The number of Topliss-reactive ketones (excluding diaryl/α,β-unsaturated/α-hetero) is 1. The number of aromatic nitrogens is 2. The van der Waals surface area contributed by atoms with Gasteiger partial charge in [0.25, 0.3) is 0 Å². The number of ether oxygens (including phenoxy) is 1. The average Bonchev–Trinajstić information content (AvgIpc) is 3.40. The maximum atomic E-state index is 13.2. The molecule has 170 valence electrons. The summed E-state index contributed by atoms with van der Waals surface area (Å²) in [6.45, 7) is 6.52. The van der Waals surface area contributed by atoms with Crippen LogP contribution in [0.4, 0.5) is 0 Å². The lowest BCUT2D eigenvalue weighted by Gasteiger charge is -2.30. The smallest absolute Gasteiger partial charge is 0.243 e. The van der Waals surface area contributed by atoms with Crippen LogP contribution in [0.25, 0.3) is 11.0 Å². The van der Waals surface area contributed by atoms with Crippen molar-refractivity contribution in [1.82, 2.24) is 13.9 Å². The molecule has 2 fully saturated rings. The van der Waals surface area contributed by atoms with Crippen molar-refractivity contribution in [3.63, 3.8) is 0 Å². The maximum absolute atomic E-state index is 13.2. The first-order valence-electron chi connectivity index (χ1n) is 11.1. The van der Waals surface area contributed by atoms with E-state index in [1.807, 2.05) is 13.0 Å². The Labute approximate surface area is 188 Å². The minimum Gasteiger partial charge on any atom is -0.376 e. The predicted octanol–water partition coefficient (Wildman–Crippen LogP) is 3.71. The number of nitrogens with zero attached hydrogens (tertiary/aromatic N) is 3. The predicted molar refractivity (Wildman–Crippen MR) is 122 cm³/mol. The van der Waals surface area contributed by atoms with Crippen LogP contribution in [0.2, 0.25) is 0 Å². The zero-order chi connectivity index (χ0) is 22.0. The molecule has 0 N–H and O–H groups in total. The Morgan fingerprint density at radius 1 is 1.29 bits per heavy atom. The standard InChI is InChI=1S/C22H31N3O4S2/c1-3-17(26)15-30-22-23-20-12-19(31(27,28)24-10-4-6-16(2)13-24)8-9-21(20)25(22)14-18-7-5-11-29-18/h8-9,12,16,18H,3-7,10-11,13-15H2,1-2H3. The van der Waals surface area contributed by atoms with Gasteiger partial charge in [-0.25, -0.2) is 13.4 Å². The zero-order valence-electron chi connectivity index (χ0n) is 18.2. The minimum atomic E-state index is -3.54. The third-order valence-electron chi connectivity index (χ3n) is 6.11. The number of rotatable bonds is 8. The number of benzene rings is 1. The molecule has 0 saturated carbocycles. The van der Waals surface area contributed by atoms with Crippen LogP contribution in [-0.2, 0) is 26.1 Å². The third-order valence-corrected chi connectivity index (χ3v) is 9.01. The van der Waals surface area contributed by atoms with Gasteiger partial charge in [-0.05, 0) is 49.8 Å². The minimum absolute atomic E-state index is 0.122. The van der Waals surface area contributed by atoms with Crippen molar-refractivity contribution in [2.45, 2.75) is 68.7 Å². The van der Waals surface area contributed by atoms with E-state index in [1.54, 1.807) is 16.4 Å². The van der Waals surface area contributed by atoms with Crippen molar-refractivity contribution in [2.75, 3.05) is 25.4 Å². The zero-order valence-corrected chi connectivity index (χ0v) is 19.9. The van der Waals surface area contributed by atoms with E-state index in [-0.39, 0.29) is 16.8 Å². The number of imidazole rings is 1. The molecule has 0 radical (unpaired) electrons. The van der Waals surface area contributed by atoms with E-state index in [1.165, 1.54) is 11.8 Å². The second-order valence-electron chi connectivity index (χ2n) is 8.58. The van der Waals surface area contributed by atoms with Crippen LogP contribution in [-0.4, -0.2) is 59.6 Å². The molecule has 2 unspecified atom stereocenters. The number of hydrogen-bond donors (Lipinski definition) is 0. The first-order chi connectivity index (χ1) is 14.9. The molecule has 2 atom stereocenters. The highest BCUT2D eigenvalue weighted by Gasteiger charge is 2.29. The molecule has 2 aliphatic heterocycles. The van der Waals surface area contributed by atoms with Gasteiger partial charge < -0.3 is 9.30 Å². The lowest BCUT2D eigenvalue weighted by Crippen LogP contribution is -2.39. The Morgan fingerprint density at radius 2 is 2.13 bits per heavy atom. The van der Waals surface area contributed by atoms with E-state index in [0.29, 0.717) is 43.2 Å². The summed E-state index contributed by atoms with van der Waals surface area (Å²) >= 11 is 1.42. The summed E-state index contributed by atoms with van der Waals surface area (Å²) < 4.78 is 35.9. The van der Waals surface area contributed by atoms with Crippen LogP contribution in [0, 0.1) is 5.92 Å². The van der Waals surface area contributed by atoms with E-state index >= 15 is 0 Å². The number of hydrogen-bond acceptors (Lipinski definition) is 6. The van der Waals surface area contributed by atoms with Crippen LogP contribution in [0.5, 0.6) is 0 Å². The van der Waals surface area contributed by atoms with E-state index in [2.05, 4.69) is 11.5 Å². The highest BCUT2D eigenvalue weighted by molar-refractivity contribution is 7.99. The van der Waals surface area contributed by atoms with Crippen LogP contribution in [0.15, 0.2) is 28.3 Å². The fraction of sp³-hybridized carbons (Fsp3) is 0.636. The molecule has 2 aliphatic rings. The molecule has 4 rings (SSSR count). The SMILES string of the molecule is CCC(=O)CSc1nc2cc(S(=O)(=O)N3CCCC(C)C3)ccc2n1CC1CCCO1. The van der Waals surface area contributed by atoms with Gasteiger partial charge in [-0.15, -0.1) is 0 Å². The summed E-state index contributed by atoms with van der Waals surface area (Å²) in [7, 11) is -3.54. The maximum Gasteiger partial charge on any atom is 0.243 e. The van der Waals surface area contributed by atoms with Gasteiger partial charge in [0.05, 0.1) is 34.3 Å². The number of piperidine rings is 1. The molecule has 7 nitrogen and oxygen atoms in total. The van der Waals surface area contributed by atoms with Crippen molar-refractivity contribution >= 4 is 38.6 Å². The van der Waals surface area contributed by atoms with Crippen LogP contribution >= 0.6 is 11.8 Å². The van der Waals surface area contributed by atoms with Crippen LogP contribution < -0.4 is 0 Å². The molecule has 31 heavy (non-hydrogen) atoms. The van der Waals surface area contributed by atoms with Gasteiger partial charge >= 0.3 is 0 Å². The molecule has 3 heterocycles. The van der Waals surface area contributed by atoms with Gasteiger partial charge in [-0.2, -0.15) is 4.31 Å². The van der Waals surface area contributed by atoms with Crippen molar-refractivity contribution in [3.05, 3.63) is 18.2 Å². The highest BCUT2D eigenvalue weighted by Crippen LogP contribution is 2.30. The summed E-state index contributed by atoms with van der Waals surface area (Å²) in [5.41, 5.74) is 1.53. The topological polar surface area (TPSA) is 81.5 Å². The fourth-order valence-corrected chi connectivity index (χ4v) is 6.89. The Kier molecular flexibility index (Phi) is 7.05. The van der Waals surface area contributed by atoms with Gasteiger partial charge in [0.1, 0.15) is 5.78 Å². The molecule has 1 aromatic heterocycles. The Morgan fingerprint density at radius 3 is 2.84 bits per heavy atom. The van der Waals surface area contributed by atoms with Crippen LogP contribution in [0.3, 0.4) is 0 Å². The molecule has 0 aliphatic carbocycles. The molecule has 9 heteroatoms. The number of thioether (sulfide) groups is 1. The lowest BCUT2D eigenvalue weighted by atomic mass is 10.0. The second-order valence-corrected chi connectivity index (χ2v) is 11.5. The summed E-state index contributed by atoms with van der Waals surface area (Å²) in [5.74, 6) is 0.905. The number of fused-ring (bicyclic) bond motifs is 1. The first-order valence-corrected chi connectivity index (χ1v) is 13.6. The van der Waals surface area contributed by atoms with Gasteiger partial charge in [0.15, 0.2) is 5.16 Å². The lowest BCUT2D eigenvalue weighted by molar-refractivity contribution is -0.116. The molecule has 0 bridgehead atoms. The van der Waals surface area contributed by atoms with Crippen molar-refractivity contribution < 1.29 is 17.9 Å². The van der Waals surface area contributed by atoms with Crippen molar-refractivity contribution in [2.24, 2.45) is 5.92 Å². The van der Waals surface area contributed by atoms with Crippen molar-refractivity contribution in [3.8, 4) is 0 Å².